The Morgan fingerprint density at radius 2 is 1.92 bits per heavy atom. The van der Waals surface area contributed by atoms with Crippen LogP contribution in [0.3, 0.4) is 0 Å². The molecule has 5 aliphatic rings. The molecule has 7 unspecified atom stereocenters. The van der Waals surface area contributed by atoms with Gasteiger partial charge in [0, 0.05) is 49.4 Å². The van der Waals surface area contributed by atoms with Gasteiger partial charge in [-0.2, -0.15) is 0 Å². The summed E-state index contributed by atoms with van der Waals surface area (Å²) in [5.74, 6) is 1.93. The number of halogens is 1. The van der Waals surface area contributed by atoms with Crippen molar-refractivity contribution in [2.75, 3.05) is 34.0 Å². The maximum atomic E-state index is 14.8. The zero-order valence-corrected chi connectivity index (χ0v) is 23.9. The average Bonchev–Trinajstić information content (AvgIpc) is 3.45. The van der Waals surface area contributed by atoms with Gasteiger partial charge in [0.05, 0.1) is 44.8 Å². The van der Waals surface area contributed by atoms with Gasteiger partial charge in [-0.05, 0) is 70.9 Å². The highest BCUT2D eigenvalue weighted by atomic mass is 19.1. The first-order valence-electron chi connectivity index (χ1n) is 15.3. The smallest absolute Gasteiger partial charge is 0.127 e. The van der Waals surface area contributed by atoms with Gasteiger partial charge in [0.25, 0.3) is 0 Å². The van der Waals surface area contributed by atoms with Crippen LogP contribution in [-0.4, -0.2) is 92.6 Å². The molecule has 5 fully saturated rings. The molecular formula is C30H48FN5O3. The standard InChI is InChI=1S/C30H48FN5O3/c1-19-12-14-35(17-20-6-8-22(37-2)16-27(20)38-3)30-29-24(32-18-33-30)9-11-28(34-29)36-13-4-5-25(36)23-15-21(31)7-10-26(23)39-19/h6,8,16,19,21,23-26,28-30,32-34H,4-5,7,9-15,17-18H2,1-3H3/t19-,21?,23?,24?,25+,26?,28?,29?,30?/m0/s1. The number of nitrogens with one attached hydrogen (secondary N) is 3. The van der Waals surface area contributed by atoms with E-state index in [1.54, 1.807) is 14.2 Å². The van der Waals surface area contributed by atoms with E-state index in [2.05, 4.69) is 38.7 Å². The highest BCUT2D eigenvalue weighted by Crippen LogP contribution is 2.40. The summed E-state index contributed by atoms with van der Waals surface area (Å²) in [6, 6.07) is 7.22. The average molecular weight is 546 g/mol. The highest BCUT2D eigenvalue weighted by Gasteiger charge is 2.47. The van der Waals surface area contributed by atoms with Gasteiger partial charge in [0.15, 0.2) is 0 Å². The van der Waals surface area contributed by atoms with Crippen molar-refractivity contribution < 1.29 is 18.6 Å². The third-order valence-corrected chi connectivity index (χ3v) is 10.1. The summed E-state index contributed by atoms with van der Waals surface area (Å²) in [5.41, 5.74) is 1.15. The van der Waals surface area contributed by atoms with Gasteiger partial charge >= 0.3 is 0 Å². The van der Waals surface area contributed by atoms with E-state index >= 15 is 0 Å². The Morgan fingerprint density at radius 3 is 2.77 bits per heavy atom. The quantitative estimate of drug-likeness (QED) is 0.533. The van der Waals surface area contributed by atoms with Gasteiger partial charge in [-0.25, -0.2) is 4.39 Å². The van der Waals surface area contributed by atoms with Crippen LogP contribution in [0, 0.1) is 5.92 Å². The second-order valence-corrected chi connectivity index (χ2v) is 12.4. The summed E-state index contributed by atoms with van der Waals surface area (Å²) in [6.45, 7) is 5.78. The van der Waals surface area contributed by atoms with E-state index in [1.165, 1.54) is 6.42 Å². The third-order valence-electron chi connectivity index (χ3n) is 10.1. The zero-order chi connectivity index (χ0) is 26.9. The lowest BCUT2D eigenvalue weighted by molar-refractivity contribution is -0.0907. The molecule has 0 spiro atoms. The van der Waals surface area contributed by atoms with Gasteiger partial charge in [0.1, 0.15) is 17.7 Å². The summed E-state index contributed by atoms with van der Waals surface area (Å²) in [5, 5.41) is 11.7. The number of nitrogens with zero attached hydrogens (tertiary/aromatic N) is 2. The van der Waals surface area contributed by atoms with Crippen molar-refractivity contribution in [3.8, 4) is 11.5 Å². The van der Waals surface area contributed by atoms with Gasteiger partial charge in [-0.3, -0.25) is 25.8 Å². The molecule has 1 aliphatic carbocycles. The Hall–Kier alpha value is -1.49. The molecule has 0 amide bonds. The molecule has 4 aliphatic heterocycles. The number of piperidine rings is 1. The molecule has 0 radical (unpaired) electrons. The molecule has 4 heterocycles. The van der Waals surface area contributed by atoms with Crippen LogP contribution in [0.4, 0.5) is 4.39 Å². The predicted molar refractivity (Wildman–Crippen MR) is 150 cm³/mol. The SMILES string of the molecule is COc1ccc(CN2CC[C@H](C)OC3CCC(F)CC3[C@H]3CCCN3C3CCC4NCNC2C4N3)c(OC)c1. The molecule has 9 heteroatoms. The Labute approximate surface area is 233 Å². The monoisotopic (exact) mass is 545 g/mol. The van der Waals surface area contributed by atoms with Crippen molar-refractivity contribution in [3.63, 3.8) is 0 Å². The fourth-order valence-corrected chi connectivity index (χ4v) is 8.11. The first kappa shape index (κ1) is 27.7. The number of alkyl halides is 1. The van der Waals surface area contributed by atoms with Crippen molar-refractivity contribution in [1.29, 1.82) is 0 Å². The number of methoxy groups -OCH3 is 2. The number of ether oxygens (including phenoxy) is 3. The molecule has 39 heavy (non-hydrogen) atoms. The van der Waals surface area contributed by atoms with Crippen molar-refractivity contribution in [3.05, 3.63) is 23.8 Å². The van der Waals surface area contributed by atoms with E-state index in [0.29, 0.717) is 31.1 Å². The normalized spacial score (nSPS) is 39.9. The molecule has 8 nitrogen and oxygen atoms in total. The van der Waals surface area contributed by atoms with E-state index in [4.69, 9.17) is 14.2 Å². The van der Waals surface area contributed by atoms with Gasteiger partial charge in [-0.15, -0.1) is 0 Å². The second kappa shape index (κ2) is 12.2. The van der Waals surface area contributed by atoms with E-state index in [1.807, 2.05) is 12.1 Å². The van der Waals surface area contributed by atoms with E-state index in [0.717, 1.165) is 75.5 Å². The van der Waals surface area contributed by atoms with Gasteiger partial charge < -0.3 is 14.2 Å². The van der Waals surface area contributed by atoms with Crippen LogP contribution in [-0.2, 0) is 11.3 Å². The first-order valence-corrected chi connectivity index (χ1v) is 15.3. The minimum Gasteiger partial charge on any atom is -0.497 e. The number of fused-ring (bicyclic) bond motifs is 5. The molecule has 1 saturated carbocycles. The zero-order valence-electron chi connectivity index (χ0n) is 23.9. The van der Waals surface area contributed by atoms with Crippen molar-refractivity contribution in [2.24, 2.45) is 5.92 Å². The van der Waals surface area contributed by atoms with Crippen LogP contribution in [0.2, 0.25) is 0 Å². The fraction of sp³-hybridized carbons (Fsp3) is 0.800. The summed E-state index contributed by atoms with van der Waals surface area (Å²) < 4.78 is 32.8. The predicted octanol–water partition coefficient (Wildman–Crippen LogP) is 3.21. The number of benzene rings is 1. The minimum atomic E-state index is -0.696. The molecule has 218 valence electrons. The third kappa shape index (κ3) is 5.81. The van der Waals surface area contributed by atoms with E-state index in [-0.39, 0.29) is 30.3 Å². The molecule has 3 N–H and O–H groups in total. The van der Waals surface area contributed by atoms with Crippen LogP contribution in [0.15, 0.2) is 18.2 Å². The molecule has 2 bridgehead atoms. The molecular weight excluding hydrogens is 497 g/mol. The van der Waals surface area contributed by atoms with Crippen LogP contribution < -0.4 is 25.4 Å². The van der Waals surface area contributed by atoms with Gasteiger partial charge in [0.2, 0.25) is 0 Å². The molecule has 1 aromatic carbocycles. The maximum Gasteiger partial charge on any atom is 0.127 e. The summed E-state index contributed by atoms with van der Waals surface area (Å²) in [4.78, 5) is 5.27. The van der Waals surface area contributed by atoms with Crippen molar-refractivity contribution in [2.45, 2.75) is 114 Å². The van der Waals surface area contributed by atoms with Crippen molar-refractivity contribution >= 4 is 0 Å². The summed E-state index contributed by atoms with van der Waals surface area (Å²) in [7, 11) is 3.42. The lowest BCUT2D eigenvalue weighted by Crippen LogP contribution is -2.74. The first-order chi connectivity index (χ1) is 19.0. The topological polar surface area (TPSA) is 70.3 Å². The second-order valence-electron chi connectivity index (χ2n) is 12.4. The Kier molecular flexibility index (Phi) is 8.63. The fourth-order valence-electron chi connectivity index (χ4n) is 8.11. The maximum absolute atomic E-state index is 14.8. The minimum absolute atomic E-state index is 0.120. The van der Waals surface area contributed by atoms with E-state index in [9.17, 15) is 4.39 Å². The Bertz CT molecular complexity index is 971. The van der Waals surface area contributed by atoms with Crippen LogP contribution in [0.25, 0.3) is 0 Å². The summed E-state index contributed by atoms with van der Waals surface area (Å²) in [6.07, 6.45) is 7.73. The highest BCUT2D eigenvalue weighted by molar-refractivity contribution is 5.40. The van der Waals surface area contributed by atoms with Crippen LogP contribution in [0.5, 0.6) is 11.5 Å². The lowest BCUT2D eigenvalue weighted by Gasteiger charge is -2.52. The van der Waals surface area contributed by atoms with Crippen LogP contribution in [0.1, 0.15) is 63.9 Å². The summed E-state index contributed by atoms with van der Waals surface area (Å²) >= 11 is 0. The Morgan fingerprint density at radius 1 is 1.03 bits per heavy atom. The Balaban J connectivity index is 1.31. The largest absolute Gasteiger partial charge is 0.497 e. The molecule has 4 saturated heterocycles. The number of hydrogen-bond acceptors (Lipinski definition) is 8. The molecule has 1 aromatic rings. The van der Waals surface area contributed by atoms with E-state index < -0.39 is 6.17 Å². The molecule has 0 aromatic heterocycles. The van der Waals surface area contributed by atoms with Gasteiger partial charge in [-0.1, -0.05) is 6.07 Å². The molecule has 6 rings (SSSR count). The van der Waals surface area contributed by atoms with Crippen LogP contribution >= 0.6 is 0 Å². The number of rotatable bonds is 4. The molecule has 9 atom stereocenters. The number of hydrogen-bond donors (Lipinski definition) is 3. The lowest BCUT2D eigenvalue weighted by atomic mass is 9.79. The van der Waals surface area contributed by atoms with Crippen molar-refractivity contribution in [1.82, 2.24) is 25.8 Å².